The normalized spacial score (nSPS) is 12.2. The predicted molar refractivity (Wildman–Crippen MR) is 128 cm³/mol. The zero-order valence-electron chi connectivity index (χ0n) is 18.6. The van der Waals surface area contributed by atoms with E-state index in [0.717, 1.165) is 5.56 Å². The van der Waals surface area contributed by atoms with Gasteiger partial charge in [0.2, 0.25) is 5.95 Å². The monoisotopic (exact) mass is 479 g/mol. The zero-order valence-corrected chi connectivity index (χ0v) is 19.4. The lowest BCUT2D eigenvalue weighted by Gasteiger charge is -2.14. The molecule has 0 fully saturated rings. The van der Waals surface area contributed by atoms with Crippen LogP contribution >= 0.6 is 0 Å². The second-order valence-electron chi connectivity index (χ2n) is 6.86. The molecule has 2 heterocycles. The van der Waals surface area contributed by atoms with Gasteiger partial charge in [0.15, 0.2) is 0 Å². The molecular weight excluding hydrogens is 456 g/mol. The average molecular weight is 480 g/mol. The fourth-order valence-electron chi connectivity index (χ4n) is 2.55. The van der Waals surface area contributed by atoms with Gasteiger partial charge in [-0.05, 0) is 38.1 Å². The van der Waals surface area contributed by atoms with E-state index >= 15 is 0 Å². The minimum Gasteiger partial charge on any atom is -0.450 e. The molecule has 0 saturated heterocycles. The van der Waals surface area contributed by atoms with Crippen molar-refractivity contribution in [3.8, 4) is 11.8 Å². The molecule has 10 nitrogen and oxygen atoms in total. The third-order valence-corrected chi connectivity index (χ3v) is 5.18. The Balaban J connectivity index is 1.80. The highest BCUT2D eigenvalue weighted by atomic mass is 32.2. The minimum atomic E-state index is -1.86. The number of carbonyl (C=O) groups is 1. The molecule has 11 heteroatoms. The highest BCUT2D eigenvalue weighted by Gasteiger charge is 2.09. The number of nitrogens with zero attached hydrogens (tertiary/aromatic N) is 4. The van der Waals surface area contributed by atoms with Crippen LogP contribution in [0.25, 0.3) is 0 Å². The zero-order chi connectivity index (χ0) is 24.3. The van der Waals surface area contributed by atoms with Crippen molar-refractivity contribution >= 4 is 34.1 Å². The Morgan fingerprint density at radius 2 is 2.03 bits per heavy atom. The van der Waals surface area contributed by atoms with Crippen LogP contribution in [0, 0.1) is 11.8 Å². The molecule has 0 radical (unpaired) electrons. The molecule has 0 aliphatic heterocycles. The first kappa shape index (κ1) is 24.6. The van der Waals surface area contributed by atoms with Gasteiger partial charge in [0, 0.05) is 29.7 Å². The number of rotatable bonds is 7. The van der Waals surface area contributed by atoms with Crippen LogP contribution in [0.3, 0.4) is 0 Å². The molecule has 3 rings (SSSR count). The average Bonchev–Trinajstić information content (AvgIpc) is 2.84. The number of aliphatic hydroxyl groups is 1. The summed E-state index contributed by atoms with van der Waals surface area (Å²) in [6.07, 6.45) is 4.03. The predicted octanol–water partition coefficient (Wildman–Crippen LogP) is 3.47. The fourth-order valence-corrected chi connectivity index (χ4v) is 3.22. The summed E-state index contributed by atoms with van der Waals surface area (Å²) in [5, 5.41) is 15.6. The van der Waals surface area contributed by atoms with E-state index in [-0.39, 0.29) is 19.3 Å². The first-order chi connectivity index (χ1) is 16.5. The molecule has 0 spiro atoms. The van der Waals surface area contributed by atoms with E-state index < -0.39 is 16.7 Å². The van der Waals surface area contributed by atoms with Gasteiger partial charge in [0.25, 0.3) is 0 Å². The van der Waals surface area contributed by atoms with Crippen molar-refractivity contribution in [1.82, 2.24) is 15.0 Å². The lowest BCUT2D eigenvalue weighted by atomic mass is 10.2. The Bertz CT molecular complexity index is 1270. The van der Waals surface area contributed by atoms with Gasteiger partial charge >= 0.3 is 6.09 Å². The lowest BCUT2D eigenvalue weighted by Crippen LogP contribution is -2.21. The van der Waals surface area contributed by atoms with Crippen molar-refractivity contribution in [3.05, 3.63) is 66.1 Å². The molecule has 0 bridgehead atoms. The van der Waals surface area contributed by atoms with Gasteiger partial charge in [-0.1, -0.05) is 28.9 Å². The van der Waals surface area contributed by atoms with Crippen molar-refractivity contribution < 1.29 is 18.8 Å². The number of ether oxygens (including phenoxy) is 1. The minimum absolute atomic E-state index is 0.0856. The summed E-state index contributed by atoms with van der Waals surface area (Å²) in [7, 11) is -1.86. The molecular formula is C23H23N6O4S-. The van der Waals surface area contributed by atoms with Crippen molar-refractivity contribution in [3.63, 3.8) is 0 Å². The quantitative estimate of drug-likeness (QED) is 0.343. The van der Waals surface area contributed by atoms with E-state index in [1.54, 1.807) is 55.8 Å². The summed E-state index contributed by atoms with van der Waals surface area (Å²) in [4.78, 5) is 24.6. The maximum Gasteiger partial charge on any atom is 0.410 e. The molecule has 34 heavy (non-hydrogen) atoms. The molecule has 0 aliphatic rings. The smallest absolute Gasteiger partial charge is 0.410 e. The van der Waals surface area contributed by atoms with Gasteiger partial charge in [-0.25, -0.2) is 9.78 Å². The summed E-state index contributed by atoms with van der Waals surface area (Å²) in [6.45, 7) is 3.53. The molecule has 0 unspecified atom stereocenters. The van der Waals surface area contributed by atoms with Gasteiger partial charge in [-0.2, -0.15) is 4.98 Å². The number of hydrogen-bond donors (Lipinski definition) is 3. The van der Waals surface area contributed by atoms with E-state index in [9.17, 15) is 14.1 Å². The summed E-state index contributed by atoms with van der Waals surface area (Å²) < 4.78 is 20.3. The number of anilines is 3. The number of hydrogen-bond acceptors (Lipinski definition) is 10. The van der Waals surface area contributed by atoms with Crippen LogP contribution in [0.15, 0.2) is 64.2 Å². The van der Waals surface area contributed by atoms with Crippen molar-refractivity contribution in [2.24, 2.45) is 4.36 Å². The van der Waals surface area contributed by atoms with E-state index in [2.05, 4.69) is 46.5 Å². The number of pyridine rings is 1. The highest BCUT2D eigenvalue weighted by molar-refractivity contribution is 7.75. The fraction of sp³-hybridized carbons (Fsp3) is 0.217. The van der Waals surface area contributed by atoms with Crippen LogP contribution in [0.4, 0.5) is 22.2 Å². The van der Waals surface area contributed by atoms with Crippen molar-refractivity contribution in [2.45, 2.75) is 24.8 Å². The molecule has 1 atom stereocenters. The summed E-state index contributed by atoms with van der Waals surface area (Å²) in [5.41, 5.74) is 1.94. The number of benzene rings is 1. The van der Waals surface area contributed by atoms with Crippen molar-refractivity contribution in [1.29, 1.82) is 0 Å². The maximum atomic E-state index is 12.1. The third kappa shape index (κ3) is 7.26. The van der Waals surface area contributed by atoms with E-state index in [4.69, 9.17) is 0 Å². The van der Waals surface area contributed by atoms with Gasteiger partial charge in [-0.15, -0.1) is 10.6 Å². The Hall–Kier alpha value is -4.01. The number of nitrogens with one attached hydrogen (secondary N) is 2. The van der Waals surface area contributed by atoms with Crippen LogP contribution in [0.2, 0.25) is 0 Å². The second-order valence-corrected chi connectivity index (χ2v) is 8.02. The Morgan fingerprint density at radius 1 is 1.24 bits per heavy atom. The van der Waals surface area contributed by atoms with Gasteiger partial charge in [0.05, 0.1) is 25.0 Å². The van der Waals surface area contributed by atoms with Crippen LogP contribution in [-0.4, -0.2) is 45.4 Å². The van der Waals surface area contributed by atoms with Crippen molar-refractivity contribution in [2.75, 3.05) is 23.8 Å². The number of aliphatic hydroxyl groups excluding tert-OH is 1. The molecule has 1 amide bonds. The molecule has 2 aromatic heterocycles. The Morgan fingerprint density at radius 3 is 2.71 bits per heavy atom. The van der Waals surface area contributed by atoms with Gasteiger partial charge < -0.3 is 24.7 Å². The molecule has 0 saturated carbocycles. The second kappa shape index (κ2) is 12.3. The highest BCUT2D eigenvalue weighted by Crippen LogP contribution is 2.19. The molecule has 3 N–H and O–H groups in total. The number of aromatic nitrogens is 3. The Labute approximate surface area is 199 Å². The van der Waals surface area contributed by atoms with Crippen LogP contribution in [0.1, 0.15) is 25.0 Å². The molecule has 3 aromatic rings. The SMILES string of the molecule is CCOC(=O)N=[S-](=O)c1ccc(Nc2ncc(C#Cc3cccnc3)c(N[C@H](C)CO)n2)cc1. The summed E-state index contributed by atoms with van der Waals surface area (Å²) in [5.74, 6) is 6.80. The summed E-state index contributed by atoms with van der Waals surface area (Å²) >= 11 is 0. The topological polar surface area (TPSA) is 139 Å². The first-order valence-corrected chi connectivity index (χ1v) is 11.4. The van der Waals surface area contributed by atoms with Crippen LogP contribution in [-0.2, 0) is 19.5 Å². The van der Waals surface area contributed by atoms with Crippen LogP contribution < -0.4 is 10.6 Å². The molecule has 0 aliphatic carbocycles. The van der Waals surface area contributed by atoms with Gasteiger partial charge in [-0.3, -0.25) is 9.35 Å². The van der Waals surface area contributed by atoms with E-state index in [0.29, 0.717) is 27.9 Å². The lowest BCUT2D eigenvalue weighted by molar-refractivity contribution is 0.164. The first-order valence-electron chi connectivity index (χ1n) is 10.3. The molecule has 1 aromatic carbocycles. The van der Waals surface area contributed by atoms with E-state index in [1.807, 2.05) is 13.0 Å². The Kier molecular flexibility index (Phi) is 8.90. The molecule has 176 valence electrons. The number of carbonyl (C=O) groups excluding carboxylic acids is 1. The number of amides is 1. The van der Waals surface area contributed by atoms with Crippen LogP contribution in [0.5, 0.6) is 0 Å². The third-order valence-electron chi connectivity index (χ3n) is 4.19. The van der Waals surface area contributed by atoms with Gasteiger partial charge in [0.1, 0.15) is 5.82 Å². The standard InChI is InChI=1S/C23H23N6O4S/c1-3-33-23(31)29-34(32)20-10-8-19(9-11-20)27-22-25-14-18(21(28-22)26-16(2)15-30)7-6-17-5-4-12-24-13-17/h4-5,8-14,16,30H,3,15H2,1-2H3,(H2,25,26,27,28)/q-1/t16-/m1/s1. The maximum absolute atomic E-state index is 12.1. The largest absolute Gasteiger partial charge is 0.450 e. The summed E-state index contributed by atoms with van der Waals surface area (Å²) in [6, 6.07) is 9.86. The van der Waals surface area contributed by atoms with E-state index in [1.165, 1.54) is 0 Å².